The first kappa shape index (κ1) is 13.0. The molecule has 20 heavy (non-hydrogen) atoms. The van der Waals surface area contributed by atoms with Crippen molar-refractivity contribution < 1.29 is 5.11 Å². The Morgan fingerprint density at radius 3 is 3.10 bits per heavy atom. The molecule has 0 radical (unpaired) electrons. The largest absolute Gasteiger partial charge is 0.383 e. The van der Waals surface area contributed by atoms with Gasteiger partial charge in [-0.1, -0.05) is 6.07 Å². The predicted molar refractivity (Wildman–Crippen MR) is 77.9 cm³/mol. The van der Waals surface area contributed by atoms with Crippen molar-refractivity contribution in [2.24, 2.45) is 0 Å². The van der Waals surface area contributed by atoms with E-state index in [0.29, 0.717) is 12.3 Å². The van der Waals surface area contributed by atoms with Crippen LogP contribution >= 0.6 is 11.3 Å². The molecule has 0 saturated heterocycles. The van der Waals surface area contributed by atoms with E-state index in [4.69, 9.17) is 0 Å². The van der Waals surface area contributed by atoms with Gasteiger partial charge in [0.1, 0.15) is 17.7 Å². The predicted octanol–water partition coefficient (Wildman–Crippen LogP) is 1.81. The number of hydrogen-bond acceptors (Lipinski definition) is 6. The van der Waals surface area contributed by atoms with E-state index in [1.807, 2.05) is 30.5 Å². The van der Waals surface area contributed by atoms with Crippen LogP contribution in [-0.2, 0) is 5.60 Å². The Labute approximate surface area is 120 Å². The molecule has 1 unspecified atom stereocenters. The van der Waals surface area contributed by atoms with Gasteiger partial charge in [-0.3, -0.25) is 0 Å². The summed E-state index contributed by atoms with van der Waals surface area (Å²) in [5.41, 5.74) is -0.0816. The van der Waals surface area contributed by atoms with Gasteiger partial charge in [0.15, 0.2) is 0 Å². The number of aromatic nitrogens is 4. The number of nitrogens with one attached hydrogen (secondary N) is 1. The lowest BCUT2D eigenvalue weighted by molar-refractivity contribution is 0.0753. The minimum absolute atomic E-state index is 0.381. The number of rotatable bonds is 4. The van der Waals surface area contributed by atoms with Gasteiger partial charge in [-0.2, -0.15) is 14.6 Å². The van der Waals surface area contributed by atoms with Crippen LogP contribution in [0.5, 0.6) is 0 Å². The summed E-state index contributed by atoms with van der Waals surface area (Å²) < 4.78 is 1.62. The molecule has 6 nitrogen and oxygen atoms in total. The molecular weight excluding hydrogens is 274 g/mol. The second-order valence-corrected chi connectivity index (χ2v) is 5.81. The maximum atomic E-state index is 10.5. The van der Waals surface area contributed by atoms with Crippen LogP contribution in [0, 0.1) is 6.92 Å². The topological polar surface area (TPSA) is 75.3 Å². The molecule has 3 heterocycles. The molecule has 7 heteroatoms. The second kappa shape index (κ2) is 4.84. The van der Waals surface area contributed by atoms with E-state index in [2.05, 4.69) is 20.4 Å². The highest BCUT2D eigenvalue weighted by molar-refractivity contribution is 7.10. The van der Waals surface area contributed by atoms with Gasteiger partial charge in [0, 0.05) is 23.2 Å². The minimum Gasteiger partial charge on any atom is -0.383 e. The van der Waals surface area contributed by atoms with Gasteiger partial charge in [-0.25, -0.2) is 4.98 Å². The highest BCUT2D eigenvalue weighted by Crippen LogP contribution is 2.25. The van der Waals surface area contributed by atoms with Gasteiger partial charge in [0.2, 0.25) is 0 Å². The molecule has 0 aromatic carbocycles. The highest BCUT2D eigenvalue weighted by atomic mass is 32.1. The van der Waals surface area contributed by atoms with E-state index >= 15 is 0 Å². The first-order valence-electron chi connectivity index (χ1n) is 6.24. The molecule has 0 aliphatic rings. The van der Waals surface area contributed by atoms with Crippen molar-refractivity contribution in [3.8, 4) is 0 Å². The standard InChI is InChI=1S/C13H15N5OS/c1-9-6-11(18-12(17-9)15-8-16-18)14-7-13(2,19)10-4-3-5-20-10/h3-6,8,14,19H,7H2,1-2H3. The molecule has 0 saturated carbocycles. The molecule has 0 aliphatic carbocycles. The van der Waals surface area contributed by atoms with Crippen LogP contribution in [0.15, 0.2) is 29.9 Å². The molecule has 0 spiro atoms. The number of nitrogens with zero attached hydrogens (tertiary/aromatic N) is 4. The van der Waals surface area contributed by atoms with E-state index < -0.39 is 5.60 Å². The van der Waals surface area contributed by atoms with Crippen molar-refractivity contribution in [1.29, 1.82) is 0 Å². The average molecular weight is 289 g/mol. The summed E-state index contributed by atoms with van der Waals surface area (Å²) in [5.74, 6) is 1.31. The maximum absolute atomic E-state index is 10.5. The summed E-state index contributed by atoms with van der Waals surface area (Å²) >= 11 is 1.54. The summed E-state index contributed by atoms with van der Waals surface area (Å²) in [6.07, 6.45) is 1.46. The van der Waals surface area contributed by atoms with Crippen molar-refractivity contribution in [2.45, 2.75) is 19.4 Å². The summed E-state index contributed by atoms with van der Waals surface area (Å²) in [6.45, 7) is 4.07. The molecule has 3 rings (SSSR count). The van der Waals surface area contributed by atoms with Crippen molar-refractivity contribution in [3.63, 3.8) is 0 Å². The minimum atomic E-state index is -0.932. The SMILES string of the molecule is Cc1cc(NCC(C)(O)c2cccs2)n2ncnc2n1. The van der Waals surface area contributed by atoms with Gasteiger partial charge in [0.25, 0.3) is 5.78 Å². The number of hydrogen-bond donors (Lipinski definition) is 2. The van der Waals surface area contributed by atoms with E-state index in [9.17, 15) is 5.11 Å². The average Bonchev–Trinajstić information content (AvgIpc) is 3.06. The third kappa shape index (κ3) is 2.37. The summed E-state index contributed by atoms with van der Waals surface area (Å²) in [6, 6.07) is 5.74. The number of fused-ring (bicyclic) bond motifs is 1. The zero-order valence-corrected chi connectivity index (χ0v) is 12.1. The molecule has 3 aromatic rings. The van der Waals surface area contributed by atoms with Crippen LogP contribution in [0.3, 0.4) is 0 Å². The summed E-state index contributed by atoms with van der Waals surface area (Å²) in [5, 5.41) is 19.8. The Kier molecular flexibility index (Phi) is 3.15. The van der Waals surface area contributed by atoms with Gasteiger partial charge in [-0.05, 0) is 25.3 Å². The molecule has 0 amide bonds. The fourth-order valence-electron chi connectivity index (χ4n) is 1.99. The summed E-state index contributed by atoms with van der Waals surface area (Å²) in [7, 11) is 0. The fraction of sp³-hybridized carbons (Fsp3) is 0.308. The van der Waals surface area contributed by atoms with E-state index in [1.165, 1.54) is 17.7 Å². The zero-order valence-electron chi connectivity index (χ0n) is 11.2. The lowest BCUT2D eigenvalue weighted by atomic mass is 10.1. The van der Waals surface area contributed by atoms with Gasteiger partial charge in [-0.15, -0.1) is 11.3 Å². The molecule has 3 aromatic heterocycles. The van der Waals surface area contributed by atoms with E-state index in [0.717, 1.165) is 16.4 Å². The van der Waals surface area contributed by atoms with Crippen molar-refractivity contribution in [3.05, 3.63) is 40.5 Å². The molecule has 104 valence electrons. The van der Waals surface area contributed by atoms with Crippen LogP contribution in [-0.4, -0.2) is 31.2 Å². The zero-order chi connectivity index (χ0) is 14.2. The Hall–Kier alpha value is -1.99. The lowest BCUT2D eigenvalue weighted by Gasteiger charge is -2.23. The summed E-state index contributed by atoms with van der Waals surface area (Å²) in [4.78, 5) is 9.28. The normalized spacial score (nSPS) is 14.3. The molecule has 0 fully saturated rings. The first-order chi connectivity index (χ1) is 9.56. The smallest absolute Gasteiger partial charge is 0.254 e. The second-order valence-electron chi connectivity index (χ2n) is 4.86. The highest BCUT2D eigenvalue weighted by Gasteiger charge is 2.24. The van der Waals surface area contributed by atoms with Crippen molar-refractivity contribution in [1.82, 2.24) is 19.6 Å². The van der Waals surface area contributed by atoms with E-state index in [1.54, 1.807) is 11.4 Å². The van der Waals surface area contributed by atoms with Crippen molar-refractivity contribution in [2.75, 3.05) is 11.9 Å². The van der Waals surface area contributed by atoms with Crippen LogP contribution in [0.25, 0.3) is 5.78 Å². The third-order valence-corrected chi connectivity index (χ3v) is 4.17. The quantitative estimate of drug-likeness (QED) is 0.766. The van der Waals surface area contributed by atoms with Gasteiger partial charge in [0.05, 0.1) is 0 Å². The van der Waals surface area contributed by atoms with Crippen LogP contribution < -0.4 is 5.32 Å². The van der Waals surface area contributed by atoms with Gasteiger partial charge >= 0.3 is 0 Å². The molecular formula is C13H15N5OS. The number of aryl methyl sites for hydroxylation is 1. The molecule has 1 atom stereocenters. The molecule has 0 bridgehead atoms. The van der Waals surface area contributed by atoms with E-state index in [-0.39, 0.29) is 0 Å². The van der Waals surface area contributed by atoms with Crippen LogP contribution in [0.4, 0.5) is 5.82 Å². The number of aliphatic hydroxyl groups is 1. The first-order valence-corrected chi connectivity index (χ1v) is 7.12. The Morgan fingerprint density at radius 1 is 1.50 bits per heavy atom. The number of thiophene rings is 1. The van der Waals surface area contributed by atoms with Crippen LogP contribution in [0.1, 0.15) is 17.5 Å². The van der Waals surface area contributed by atoms with Crippen LogP contribution in [0.2, 0.25) is 0 Å². The third-order valence-electron chi connectivity index (χ3n) is 3.05. The Balaban J connectivity index is 1.85. The van der Waals surface area contributed by atoms with Gasteiger partial charge < -0.3 is 10.4 Å². The van der Waals surface area contributed by atoms with Crippen molar-refractivity contribution >= 4 is 22.9 Å². The Bertz CT molecular complexity index is 720. The Morgan fingerprint density at radius 2 is 2.35 bits per heavy atom. The monoisotopic (exact) mass is 289 g/mol. The number of anilines is 1. The lowest BCUT2D eigenvalue weighted by Crippen LogP contribution is -2.30. The fourth-order valence-corrected chi connectivity index (χ4v) is 2.78. The molecule has 0 aliphatic heterocycles. The molecule has 2 N–H and O–H groups in total. The maximum Gasteiger partial charge on any atom is 0.254 e.